The topological polar surface area (TPSA) is 105 Å². The van der Waals surface area contributed by atoms with Crippen molar-refractivity contribution in [2.24, 2.45) is 0 Å². The average molecular weight is 662 g/mol. The van der Waals surface area contributed by atoms with E-state index in [0.29, 0.717) is 46.0 Å². The fraction of sp³-hybridized carbons (Fsp3) is 0.293. The average Bonchev–Trinajstić information content (AvgIpc) is 3.12. The zero-order valence-electron chi connectivity index (χ0n) is 28.7. The van der Waals surface area contributed by atoms with Crippen molar-refractivity contribution in [1.29, 1.82) is 0 Å². The number of hydrogen-bond acceptors (Lipinski definition) is 8. The molecule has 0 radical (unpaired) electrons. The summed E-state index contributed by atoms with van der Waals surface area (Å²) in [6, 6.07) is 28.7. The Morgan fingerprint density at radius 1 is 0.592 bits per heavy atom. The standard InChI is InChI=1S/C41H47N3O5/c1-29-21-32(23-43-17-19-45)12-15-40(29)49-28-36-9-5-11-39(31(36)3)38-10-4-8-35(30(38)2)27-47-37-14-13-34(25-44-18-20-46)41(22-37)48-26-33-7-6-16-42-24-33/h4-16,21-22,24,43-46H,17-20,23,25-28H2,1-3H3. The van der Waals surface area contributed by atoms with Crippen molar-refractivity contribution in [3.63, 3.8) is 0 Å². The Bertz CT molecular complexity index is 1790. The summed E-state index contributed by atoms with van der Waals surface area (Å²) in [7, 11) is 0. The summed E-state index contributed by atoms with van der Waals surface area (Å²) in [5.41, 5.74) is 11.2. The molecule has 4 N–H and O–H groups in total. The van der Waals surface area contributed by atoms with Crippen LogP contribution in [0.15, 0.2) is 97.3 Å². The van der Waals surface area contributed by atoms with Gasteiger partial charge in [0.1, 0.15) is 37.1 Å². The highest BCUT2D eigenvalue weighted by Gasteiger charge is 2.13. The van der Waals surface area contributed by atoms with Crippen LogP contribution in [0.5, 0.6) is 17.2 Å². The molecule has 0 bridgehead atoms. The first kappa shape index (κ1) is 35.6. The fourth-order valence-electron chi connectivity index (χ4n) is 5.73. The number of benzene rings is 4. The quantitative estimate of drug-likeness (QED) is 0.0782. The molecule has 0 aliphatic carbocycles. The Morgan fingerprint density at radius 2 is 1.27 bits per heavy atom. The number of hydrogen-bond donors (Lipinski definition) is 4. The summed E-state index contributed by atoms with van der Waals surface area (Å²) < 4.78 is 18.8. The second kappa shape index (κ2) is 18.1. The summed E-state index contributed by atoms with van der Waals surface area (Å²) in [4.78, 5) is 4.19. The van der Waals surface area contributed by atoms with Gasteiger partial charge in [0.15, 0.2) is 0 Å². The number of aromatic nitrogens is 1. The van der Waals surface area contributed by atoms with E-state index in [4.69, 9.17) is 19.3 Å². The molecule has 0 unspecified atom stereocenters. The number of aliphatic hydroxyl groups excluding tert-OH is 2. The van der Waals surface area contributed by atoms with Gasteiger partial charge >= 0.3 is 0 Å². The minimum atomic E-state index is 0.0726. The van der Waals surface area contributed by atoms with Crippen molar-refractivity contribution >= 4 is 0 Å². The van der Waals surface area contributed by atoms with Crippen LogP contribution in [0.3, 0.4) is 0 Å². The van der Waals surface area contributed by atoms with Crippen molar-refractivity contribution < 1.29 is 24.4 Å². The minimum Gasteiger partial charge on any atom is -0.489 e. The van der Waals surface area contributed by atoms with Gasteiger partial charge in [0.2, 0.25) is 0 Å². The van der Waals surface area contributed by atoms with E-state index in [9.17, 15) is 5.11 Å². The molecule has 5 aromatic rings. The maximum Gasteiger partial charge on any atom is 0.127 e. The second-order valence-corrected chi connectivity index (χ2v) is 12.1. The number of aliphatic hydroxyl groups is 2. The largest absolute Gasteiger partial charge is 0.489 e. The van der Waals surface area contributed by atoms with Crippen molar-refractivity contribution in [2.45, 2.75) is 53.7 Å². The minimum absolute atomic E-state index is 0.0726. The van der Waals surface area contributed by atoms with Crippen LogP contribution in [0.2, 0.25) is 0 Å². The molecule has 0 amide bonds. The first-order valence-electron chi connectivity index (χ1n) is 16.8. The van der Waals surface area contributed by atoms with Gasteiger partial charge in [0, 0.05) is 55.8 Å². The van der Waals surface area contributed by atoms with Crippen LogP contribution in [0, 0.1) is 20.8 Å². The van der Waals surface area contributed by atoms with E-state index in [-0.39, 0.29) is 13.2 Å². The summed E-state index contributed by atoms with van der Waals surface area (Å²) in [5.74, 6) is 2.32. The van der Waals surface area contributed by atoms with E-state index in [0.717, 1.165) is 50.6 Å². The lowest BCUT2D eigenvalue weighted by Gasteiger charge is -2.18. The van der Waals surface area contributed by atoms with E-state index in [1.165, 1.54) is 22.3 Å². The molecule has 5 rings (SSSR count). The Hall–Kier alpha value is -4.73. The molecule has 4 aromatic carbocycles. The lowest BCUT2D eigenvalue weighted by molar-refractivity contribution is 0.282. The molecule has 0 saturated heterocycles. The summed E-state index contributed by atoms with van der Waals surface area (Å²) >= 11 is 0. The number of pyridine rings is 1. The first-order chi connectivity index (χ1) is 24.0. The zero-order chi connectivity index (χ0) is 34.4. The van der Waals surface area contributed by atoms with E-state index in [2.05, 4.69) is 84.9 Å². The molecule has 0 spiro atoms. The van der Waals surface area contributed by atoms with Crippen molar-refractivity contribution in [3.8, 4) is 28.4 Å². The third-order valence-electron chi connectivity index (χ3n) is 8.58. The molecular weight excluding hydrogens is 614 g/mol. The highest BCUT2D eigenvalue weighted by molar-refractivity contribution is 5.72. The molecule has 0 atom stereocenters. The molecule has 0 saturated carbocycles. The van der Waals surface area contributed by atoms with Gasteiger partial charge < -0.3 is 35.1 Å². The fourth-order valence-corrected chi connectivity index (χ4v) is 5.73. The van der Waals surface area contributed by atoms with Crippen LogP contribution in [0.1, 0.15) is 44.5 Å². The van der Waals surface area contributed by atoms with Gasteiger partial charge in [-0.3, -0.25) is 4.98 Å². The number of aryl methyl sites for hydroxylation is 1. The van der Waals surface area contributed by atoms with Crippen LogP contribution in [0.25, 0.3) is 11.1 Å². The smallest absolute Gasteiger partial charge is 0.127 e. The van der Waals surface area contributed by atoms with Crippen LogP contribution in [-0.4, -0.2) is 41.5 Å². The van der Waals surface area contributed by atoms with Gasteiger partial charge in [-0.15, -0.1) is 0 Å². The highest BCUT2D eigenvalue weighted by atomic mass is 16.5. The Labute approximate surface area is 289 Å². The van der Waals surface area contributed by atoms with Crippen LogP contribution in [-0.2, 0) is 32.9 Å². The number of rotatable bonds is 18. The van der Waals surface area contributed by atoms with Gasteiger partial charge in [0.05, 0.1) is 13.2 Å². The molecule has 256 valence electrons. The van der Waals surface area contributed by atoms with Crippen molar-refractivity contribution in [3.05, 3.63) is 142 Å². The van der Waals surface area contributed by atoms with Gasteiger partial charge in [-0.2, -0.15) is 0 Å². The van der Waals surface area contributed by atoms with Crippen LogP contribution < -0.4 is 24.8 Å². The van der Waals surface area contributed by atoms with Crippen molar-refractivity contribution in [2.75, 3.05) is 26.3 Å². The van der Waals surface area contributed by atoms with E-state index >= 15 is 0 Å². The maximum absolute atomic E-state index is 9.21. The molecule has 49 heavy (non-hydrogen) atoms. The normalized spacial score (nSPS) is 11.0. The van der Waals surface area contributed by atoms with E-state index in [1.807, 2.05) is 36.4 Å². The predicted octanol–water partition coefficient (Wildman–Crippen LogP) is 6.57. The monoisotopic (exact) mass is 661 g/mol. The molecular formula is C41H47N3O5. The van der Waals surface area contributed by atoms with Gasteiger partial charge in [0.25, 0.3) is 0 Å². The Kier molecular flexibility index (Phi) is 13.2. The lowest BCUT2D eigenvalue weighted by Crippen LogP contribution is -2.18. The number of ether oxygens (including phenoxy) is 3. The molecule has 0 fully saturated rings. The number of nitrogens with one attached hydrogen (secondary N) is 2. The molecule has 0 aliphatic rings. The predicted molar refractivity (Wildman–Crippen MR) is 194 cm³/mol. The van der Waals surface area contributed by atoms with Gasteiger partial charge in [-0.25, -0.2) is 0 Å². The number of nitrogens with zero attached hydrogens (tertiary/aromatic N) is 1. The summed E-state index contributed by atoms with van der Waals surface area (Å²) in [6.45, 7) is 10.2. The molecule has 1 aromatic heterocycles. The Balaban J connectivity index is 1.27. The van der Waals surface area contributed by atoms with Gasteiger partial charge in [-0.05, 0) is 83.5 Å². The van der Waals surface area contributed by atoms with Crippen LogP contribution >= 0.6 is 0 Å². The molecule has 0 aliphatic heterocycles. The Morgan fingerprint density at radius 3 is 1.92 bits per heavy atom. The third kappa shape index (κ3) is 9.90. The van der Waals surface area contributed by atoms with Gasteiger partial charge in [-0.1, -0.05) is 60.7 Å². The summed E-state index contributed by atoms with van der Waals surface area (Å²) in [5, 5.41) is 24.7. The van der Waals surface area contributed by atoms with Crippen LogP contribution in [0.4, 0.5) is 0 Å². The molecule has 1 heterocycles. The highest BCUT2D eigenvalue weighted by Crippen LogP contribution is 2.32. The lowest BCUT2D eigenvalue weighted by atomic mass is 9.92. The third-order valence-corrected chi connectivity index (χ3v) is 8.58. The second-order valence-electron chi connectivity index (χ2n) is 12.1. The zero-order valence-corrected chi connectivity index (χ0v) is 28.7. The SMILES string of the molecule is Cc1cc(CNCCO)ccc1OCc1cccc(-c2cccc(COc3ccc(CNCCO)c(OCc4cccnc4)c3)c2C)c1C. The maximum atomic E-state index is 9.21. The first-order valence-corrected chi connectivity index (χ1v) is 16.8. The summed E-state index contributed by atoms with van der Waals surface area (Å²) in [6.07, 6.45) is 3.54. The molecule has 8 heteroatoms. The van der Waals surface area contributed by atoms with E-state index < -0.39 is 0 Å². The molecule has 8 nitrogen and oxygen atoms in total. The van der Waals surface area contributed by atoms with E-state index in [1.54, 1.807) is 12.4 Å². The van der Waals surface area contributed by atoms with Crippen molar-refractivity contribution in [1.82, 2.24) is 15.6 Å².